The van der Waals surface area contributed by atoms with E-state index in [1.54, 1.807) is 60.7 Å². The third kappa shape index (κ3) is 5.18. The largest absolute Gasteiger partial charge is 0.322 e. The van der Waals surface area contributed by atoms with Crippen molar-refractivity contribution < 1.29 is 9.59 Å². The minimum Gasteiger partial charge on any atom is -0.322 e. The minimum absolute atomic E-state index is 0.244. The molecule has 2 N–H and O–H groups in total. The minimum atomic E-state index is -0.287. The molecule has 0 fully saturated rings. The predicted molar refractivity (Wildman–Crippen MR) is 126 cm³/mol. The van der Waals surface area contributed by atoms with Gasteiger partial charge in [0.15, 0.2) is 0 Å². The van der Waals surface area contributed by atoms with Gasteiger partial charge in [-0.25, -0.2) is 0 Å². The number of halogens is 1. The van der Waals surface area contributed by atoms with Crippen LogP contribution in [-0.2, 0) is 0 Å². The molecule has 0 aromatic heterocycles. The van der Waals surface area contributed by atoms with E-state index in [2.05, 4.69) is 10.6 Å². The summed E-state index contributed by atoms with van der Waals surface area (Å²) in [5, 5.41) is 6.18. The normalized spacial score (nSPS) is 10.4. The Morgan fingerprint density at radius 3 is 1.81 bits per heavy atom. The van der Waals surface area contributed by atoms with Crippen molar-refractivity contribution in [3.05, 3.63) is 119 Å². The van der Waals surface area contributed by atoms with Crippen LogP contribution in [0.15, 0.2) is 103 Å². The highest BCUT2D eigenvalue weighted by atomic mass is 35.5. The molecule has 4 aromatic carbocycles. The molecule has 152 valence electrons. The fraction of sp³-hybridized carbons (Fsp3) is 0. The molecule has 4 aromatic rings. The van der Waals surface area contributed by atoms with E-state index in [4.69, 9.17) is 11.6 Å². The van der Waals surface area contributed by atoms with Gasteiger partial charge in [-0.3, -0.25) is 9.59 Å². The SMILES string of the molecule is O=C(Nc1cccc(C(=O)Nc2cccc(Cl)c2)c1)c1ccc(-c2ccccc2)cc1. The number of hydrogen-bond acceptors (Lipinski definition) is 2. The summed E-state index contributed by atoms with van der Waals surface area (Å²) in [6, 6.07) is 31.1. The molecular weight excluding hydrogens is 408 g/mol. The summed E-state index contributed by atoms with van der Waals surface area (Å²) in [6.07, 6.45) is 0. The molecule has 0 heterocycles. The Hall–Kier alpha value is -3.89. The standard InChI is InChI=1S/C26H19ClN2O2/c27-22-9-5-11-24(17-22)29-26(31)21-8-4-10-23(16-21)28-25(30)20-14-12-19(13-15-20)18-6-2-1-3-7-18/h1-17H,(H,28,30)(H,29,31). The van der Waals surface area contributed by atoms with Gasteiger partial charge in [-0.1, -0.05) is 66.2 Å². The maximum absolute atomic E-state index is 12.6. The summed E-state index contributed by atoms with van der Waals surface area (Å²) < 4.78 is 0. The second kappa shape index (κ2) is 9.28. The molecule has 0 bridgehead atoms. The second-order valence-corrected chi connectivity index (χ2v) is 7.38. The van der Waals surface area contributed by atoms with Crippen LogP contribution in [0.3, 0.4) is 0 Å². The van der Waals surface area contributed by atoms with Crippen molar-refractivity contribution in [3.8, 4) is 11.1 Å². The summed E-state index contributed by atoms with van der Waals surface area (Å²) in [5.41, 5.74) is 4.23. The topological polar surface area (TPSA) is 58.2 Å². The Morgan fingerprint density at radius 1 is 0.548 bits per heavy atom. The predicted octanol–water partition coefficient (Wildman–Crippen LogP) is 6.51. The van der Waals surface area contributed by atoms with E-state index < -0.39 is 0 Å². The van der Waals surface area contributed by atoms with Crippen molar-refractivity contribution in [2.75, 3.05) is 10.6 Å². The highest BCUT2D eigenvalue weighted by Gasteiger charge is 2.10. The van der Waals surface area contributed by atoms with Crippen LogP contribution in [0.1, 0.15) is 20.7 Å². The Kier molecular flexibility index (Phi) is 6.11. The van der Waals surface area contributed by atoms with Crippen molar-refractivity contribution in [3.63, 3.8) is 0 Å². The summed E-state index contributed by atoms with van der Waals surface area (Å²) >= 11 is 5.96. The Bertz CT molecular complexity index is 1220. The number of rotatable bonds is 5. The molecule has 0 saturated carbocycles. The van der Waals surface area contributed by atoms with E-state index in [0.717, 1.165) is 11.1 Å². The van der Waals surface area contributed by atoms with Gasteiger partial charge in [-0.05, 0) is 59.7 Å². The average molecular weight is 427 g/mol. The van der Waals surface area contributed by atoms with Gasteiger partial charge in [0.2, 0.25) is 0 Å². The smallest absolute Gasteiger partial charge is 0.255 e. The van der Waals surface area contributed by atoms with Gasteiger partial charge in [0.05, 0.1) is 0 Å². The van der Waals surface area contributed by atoms with Gasteiger partial charge in [-0.15, -0.1) is 0 Å². The summed E-state index contributed by atoms with van der Waals surface area (Å²) in [6.45, 7) is 0. The van der Waals surface area contributed by atoms with Gasteiger partial charge in [0, 0.05) is 27.5 Å². The molecule has 5 heteroatoms. The Labute approximate surface area is 185 Å². The summed E-state index contributed by atoms with van der Waals surface area (Å²) in [7, 11) is 0. The fourth-order valence-corrected chi connectivity index (χ4v) is 3.35. The maximum Gasteiger partial charge on any atom is 0.255 e. The summed E-state index contributed by atoms with van der Waals surface area (Å²) in [4.78, 5) is 25.2. The van der Waals surface area contributed by atoms with Crippen LogP contribution in [-0.4, -0.2) is 11.8 Å². The van der Waals surface area contributed by atoms with E-state index in [1.807, 2.05) is 42.5 Å². The van der Waals surface area contributed by atoms with E-state index in [9.17, 15) is 9.59 Å². The zero-order valence-corrected chi connectivity index (χ0v) is 17.3. The quantitative estimate of drug-likeness (QED) is 0.382. The van der Waals surface area contributed by atoms with Crippen molar-refractivity contribution in [1.29, 1.82) is 0 Å². The monoisotopic (exact) mass is 426 g/mol. The van der Waals surface area contributed by atoms with Gasteiger partial charge < -0.3 is 10.6 Å². The van der Waals surface area contributed by atoms with Crippen LogP contribution < -0.4 is 10.6 Å². The van der Waals surface area contributed by atoms with Crippen LogP contribution in [0.4, 0.5) is 11.4 Å². The molecule has 0 aliphatic rings. The zero-order chi connectivity index (χ0) is 21.6. The summed E-state index contributed by atoms with van der Waals surface area (Å²) in [5.74, 6) is -0.530. The molecular formula is C26H19ClN2O2. The van der Waals surface area contributed by atoms with Crippen LogP contribution in [0, 0.1) is 0 Å². The molecule has 31 heavy (non-hydrogen) atoms. The van der Waals surface area contributed by atoms with Crippen LogP contribution in [0.25, 0.3) is 11.1 Å². The molecule has 0 aliphatic heterocycles. The highest BCUT2D eigenvalue weighted by molar-refractivity contribution is 6.31. The lowest BCUT2D eigenvalue weighted by Crippen LogP contribution is -2.14. The van der Waals surface area contributed by atoms with Crippen molar-refractivity contribution in [2.24, 2.45) is 0 Å². The van der Waals surface area contributed by atoms with Crippen LogP contribution in [0.5, 0.6) is 0 Å². The van der Waals surface area contributed by atoms with Crippen LogP contribution in [0.2, 0.25) is 5.02 Å². The molecule has 0 aliphatic carbocycles. The molecule has 0 radical (unpaired) electrons. The lowest BCUT2D eigenvalue weighted by molar-refractivity contribution is 0.101. The third-order valence-corrected chi connectivity index (χ3v) is 4.95. The molecule has 4 nitrogen and oxygen atoms in total. The lowest BCUT2D eigenvalue weighted by Gasteiger charge is -2.09. The number of carbonyl (C=O) groups excluding carboxylic acids is 2. The maximum atomic E-state index is 12.6. The number of nitrogens with one attached hydrogen (secondary N) is 2. The van der Waals surface area contributed by atoms with Gasteiger partial charge in [0.1, 0.15) is 0 Å². The van der Waals surface area contributed by atoms with Gasteiger partial charge >= 0.3 is 0 Å². The molecule has 0 atom stereocenters. The first kappa shape index (κ1) is 20.4. The van der Waals surface area contributed by atoms with Crippen LogP contribution >= 0.6 is 11.6 Å². The molecule has 4 rings (SSSR count). The van der Waals surface area contributed by atoms with Gasteiger partial charge in [0.25, 0.3) is 11.8 Å². The molecule has 0 unspecified atom stereocenters. The second-order valence-electron chi connectivity index (χ2n) is 6.94. The van der Waals surface area contributed by atoms with Crippen molar-refractivity contribution >= 4 is 34.8 Å². The number of carbonyl (C=O) groups is 2. The molecule has 2 amide bonds. The van der Waals surface area contributed by atoms with Gasteiger partial charge in [-0.2, -0.15) is 0 Å². The number of benzene rings is 4. The van der Waals surface area contributed by atoms with E-state index >= 15 is 0 Å². The van der Waals surface area contributed by atoms with E-state index in [0.29, 0.717) is 27.5 Å². The first-order chi connectivity index (χ1) is 15.1. The molecule has 0 saturated heterocycles. The van der Waals surface area contributed by atoms with Crippen molar-refractivity contribution in [1.82, 2.24) is 0 Å². The Morgan fingerprint density at radius 2 is 1.13 bits per heavy atom. The molecule has 0 spiro atoms. The lowest BCUT2D eigenvalue weighted by atomic mass is 10.0. The zero-order valence-electron chi connectivity index (χ0n) is 16.5. The third-order valence-electron chi connectivity index (χ3n) is 4.72. The number of hydrogen-bond donors (Lipinski definition) is 2. The van der Waals surface area contributed by atoms with E-state index in [-0.39, 0.29) is 11.8 Å². The average Bonchev–Trinajstić information content (AvgIpc) is 2.80. The fourth-order valence-electron chi connectivity index (χ4n) is 3.16. The van der Waals surface area contributed by atoms with E-state index in [1.165, 1.54) is 0 Å². The van der Waals surface area contributed by atoms with Crippen molar-refractivity contribution in [2.45, 2.75) is 0 Å². The number of anilines is 2. The first-order valence-corrected chi connectivity index (χ1v) is 10.1. The number of amides is 2. The Balaban J connectivity index is 1.44. The first-order valence-electron chi connectivity index (χ1n) is 9.72. The highest BCUT2D eigenvalue weighted by Crippen LogP contribution is 2.21.